The summed E-state index contributed by atoms with van der Waals surface area (Å²) >= 11 is 0. The molecule has 1 aromatic carbocycles. The Balaban J connectivity index is 1.47. The Morgan fingerprint density at radius 1 is 0.952 bits per heavy atom. The molecule has 13 atom stereocenters. The molecule has 1 aliphatic carbocycles. The molecule has 13 nitrogen and oxygen atoms in total. The van der Waals surface area contributed by atoms with Gasteiger partial charge in [-0.25, -0.2) is 4.79 Å². The zero-order valence-corrected chi connectivity index (χ0v) is 38.2. The number of aldehydes is 1. The summed E-state index contributed by atoms with van der Waals surface area (Å²) in [6.07, 6.45) is 8.42. The van der Waals surface area contributed by atoms with Crippen molar-refractivity contribution in [3.05, 3.63) is 53.1 Å². The summed E-state index contributed by atoms with van der Waals surface area (Å²) < 4.78 is 30.8. The Hall–Kier alpha value is -3.75. The molecule has 5 rings (SSSR count). The van der Waals surface area contributed by atoms with E-state index in [0.29, 0.717) is 69.1 Å². The van der Waals surface area contributed by atoms with Gasteiger partial charge < -0.3 is 39.4 Å². The van der Waals surface area contributed by atoms with Crippen molar-refractivity contribution in [1.82, 2.24) is 4.90 Å². The topological polar surface area (TPSA) is 181 Å². The van der Waals surface area contributed by atoms with Crippen LogP contribution in [0.3, 0.4) is 0 Å². The minimum absolute atomic E-state index is 0.0505. The highest BCUT2D eigenvalue weighted by Gasteiger charge is 2.56. The van der Waals surface area contributed by atoms with Crippen molar-refractivity contribution < 1.29 is 52.8 Å². The molecule has 1 saturated carbocycles. The third kappa shape index (κ3) is 11.9. The molecule has 1 amide bonds. The fraction of sp³-hybridized carbons (Fsp3) is 0.694. The lowest BCUT2D eigenvalue weighted by molar-refractivity contribution is -0.302. The highest BCUT2D eigenvalue weighted by Crippen LogP contribution is 2.39. The molecule has 4 aliphatic rings. The van der Waals surface area contributed by atoms with Crippen LogP contribution in [-0.4, -0.2) is 109 Å². The van der Waals surface area contributed by atoms with Crippen molar-refractivity contribution in [1.29, 1.82) is 0 Å². The van der Waals surface area contributed by atoms with Gasteiger partial charge in [-0.05, 0) is 132 Å². The van der Waals surface area contributed by atoms with E-state index >= 15 is 0 Å². The first-order chi connectivity index (χ1) is 29.5. The van der Waals surface area contributed by atoms with Crippen LogP contribution in [0.15, 0.2) is 47.6 Å². The van der Waals surface area contributed by atoms with Gasteiger partial charge in [0, 0.05) is 50.6 Å². The average molecular weight is 865 g/mol. The van der Waals surface area contributed by atoms with Crippen LogP contribution in [0.25, 0.3) is 0 Å². The number of ketones is 2. The number of carbonyl (C=O) groups excluding carboxylic acids is 5. The second-order valence-corrected chi connectivity index (χ2v) is 18.7. The van der Waals surface area contributed by atoms with E-state index in [1.54, 1.807) is 45.4 Å². The summed E-state index contributed by atoms with van der Waals surface area (Å²) in [6, 6.07) is 5.67. The van der Waals surface area contributed by atoms with E-state index in [1.165, 1.54) is 4.90 Å². The molecule has 344 valence electrons. The maximum Gasteiger partial charge on any atom is 0.329 e. The standard InChI is InChI=1S/C49H72N2O11/c1-9-36-23-29(2)22-30(3)24-42(58-7)45-43(59-8)26-33(6)49(57,62-45)46(54)47(55)51-21-11-10-12-39(51)48(56)61-44(31(4)13-20-40(36)53)32(5)25-35-16-19-38(50)41(27-35)60-37-17-14-34(28-52)15-18-37/h14-15,17-18,23,25,28,30-31,33,35-36,38-39,41-45,57H,9-13,16,19-22,24,26-27,50H2,1-8H3. The fourth-order valence-electron chi connectivity index (χ4n) is 10.1. The van der Waals surface area contributed by atoms with Gasteiger partial charge in [0.15, 0.2) is 0 Å². The number of benzene rings is 1. The molecule has 0 aromatic heterocycles. The van der Waals surface area contributed by atoms with Crippen LogP contribution in [0.1, 0.15) is 129 Å². The quantitative estimate of drug-likeness (QED) is 0.122. The number of Topliss-reactive ketones (excluding diaryl/α,β-unsaturated/α-hetero) is 2. The molecular weight excluding hydrogens is 793 g/mol. The van der Waals surface area contributed by atoms with Crippen LogP contribution >= 0.6 is 0 Å². The molecule has 2 bridgehead atoms. The number of fused-ring (bicyclic) bond motifs is 3. The van der Waals surface area contributed by atoms with Crippen LogP contribution in [0.2, 0.25) is 0 Å². The molecule has 62 heavy (non-hydrogen) atoms. The first-order valence-corrected chi connectivity index (χ1v) is 22.9. The predicted molar refractivity (Wildman–Crippen MR) is 234 cm³/mol. The zero-order valence-electron chi connectivity index (χ0n) is 38.2. The number of ether oxygens (including phenoxy) is 5. The van der Waals surface area contributed by atoms with Crippen LogP contribution in [0, 0.1) is 29.6 Å². The van der Waals surface area contributed by atoms with Crippen molar-refractivity contribution in [2.24, 2.45) is 35.3 Å². The molecule has 0 radical (unpaired) electrons. The lowest BCUT2D eigenvalue weighted by Gasteiger charge is -2.47. The van der Waals surface area contributed by atoms with E-state index in [-0.39, 0.29) is 61.0 Å². The number of amides is 1. The highest BCUT2D eigenvalue weighted by atomic mass is 16.7. The average Bonchev–Trinajstić information content (AvgIpc) is 3.26. The van der Waals surface area contributed by atoms with Crippen LogP contribution < -0.4 is 10.5 Å². The van der Waals surface area contributed by atoms with Crippen LogP contribution in [-0.2, 0) is 38.1 Å². The molecular formula is C49H72N2O11. The van der Waals surface area contributed by atoms with Gasteiger partial charge in [-0.2, -0.15) is 0 Å². The number of nitrogens with zero attached hydrogens (tertiary/aromatic N) is 1. The smallest absolute Gasteiger partial charge is 0.329 e. The van der Waals surface area contributed by atoms with Crippen molar-refractivity contribution in [3.63, 3.8) is 0 Å². The maximum atomic E-state index is 14.4. The molecule has 2 saturated heterocycles. The monoisotopic (exact) mass is 865 g/mol. The summed E-state index contributed by atoms with van der Waals surface area (Å²) in [5, 5.41) is 12.1. The number of methoxy groups -OCH3 is 2. The first kappa shape index (κ1) is 49.3. The molecule has 13 unspecified atom stereocenters. The van der Waals surface area contributed by atoms with E-state index < -0.39 is 59.8 Å². The second-order valence-electron chi connectivity index (χ2n) is 18.7. The highest BCUT2D eigenvalue weighted by molar-refractivity contribution is 6.39. The molecule has 0 spiro atoms. The van der Waals surface area contributed by atoms with E-state index in [0.717, 1.165) is 23.9 Å². The van der Waals surface area contributed by atoms with Crippen molar-refractivity contribution in [2.75, 3.05) is 20.8 Å². The van der Waals surface area contributed by atoms with Crippen molar-refractivity contribution >= 4 is 29.7 Å². The predicted octanol–water partition coefficient (Wildman–Crippen LogP) is 6.71. The van der Waals surface area contributed by atoms with Gasteiger partial charge in [0.25, 0.3) is 11.7 Å². The van der Waals surface area contributed by atoms with E-state index in [4.69, 9.17) is 29.4 Å². The summed E-state index contributed by atoms with van der Waals surface area (Å²) in [5.41, 5.74) is 8.99. The largest absolute Gasteiger partial charge is 0.489 e. The van der Waals surface area contributed by atoms with Gasteiger partial charge in [0.05, 0.1) is 12.2 Å². The van der Waals surface area contributed by atoms with Crippen LogP contribution in [0.5, 0.6) is 5.75 Å². The lowest BCUT2D eigenvalue weighted by atomic mass is 9.81. The normalized spacial score (nSPS) is 36.5. The summed E-state index contributed by atoms with van der Waals surface area (Å²) in [6.45, 7) is 11.8. The van der Waals surface area contributed by atoms with E-state index in [1.807, 2.05) is 27.7 Å². The molecule has 3 N–H and O–H groups in total. The summed E-state index contributed by atoms with van der Waals surface area (Å²) in [7, 11) is 3.10. The number of rotatable bonds is 8. The van der Waals surface area contributed by atoms with Gasteiger partial charge in [0.1, 0.15) is 42.2 Å². The first-order valence-electron chi connectivity index (χ1n) is 22.9. The molecule has 3 aliphatic heterocycles. The Morgan fingerprint density at radius 3 is 2.31 bits per heavy atom. The molecule has 3 fully saturated rings. The van der Waals surface area contributed by atoms with Gasteiger partial charge in [0.2, 0.25) is 5.79 Å². The van der Waals surface area contributed by atoms with Crippen molar-refractivity contribution in [2.45, 2.75) is 167 Å². The number of carbonyl (C=O) groups is 5. The number of hydrogen-bond acceptors (Lipinski definition) is 12. The Kier molecular flexibility index (Phi) is 17.7. The Morgan fingerprint density at radius 2 is 1.65 bits per heavy atom. The number of cyclic esters (lactones) is 1. The summed E-state index contributed by atoms with van der Waals surface area (Å²) in [4.78, 5) is 69.4. The van der Waals surface area contributed by atoms with Gasteiger partial charge in [-0.15, -0.1) is 0 Å². The number of aliphatic hydroxyl groups is 1. The Bertz CT molecular complexity index is 1780. The van der Waals surface area contributed by atoms with Crippen molar-refractivity contribution in [3.8, 4) is 5.75 Å². The van der Waals surface area contributed by atoms with Gasteiger partial charge in [-0.1, -0.05) is 45.4 Å². The number of nitrogens with two attached hydrogens (primary N) is 1. The molecule has 1 aromatic rings. The van der Waals surface area contributed by atoms with E-state index in [2.05, 4.69) is 19.1 Å². The zero-order chi connectivity index (χ0) is 45.3. The van der Waals surface area contributed by atoms with Gasteiger partial charge >= 0.3 is 5.97 Å². The van der Waals surface area contributed by atoms with Crippen LogP contribution in [0.4, 0.5) is 0 Å². The second kappa shape index (κ2) is 22.2. The number of piperidine rings is 1. The SMILES string of the molecule is CCC1C=C(C)CC(C)CC(OC)C2OC(O)(C(=O)C(=O)N3CCCCC3C(=O)OC(C(C)=CC3CCC(N)C(Oc4ccc(C=O)cc4)C3)C(C)CCC1=O)C(C)CC2OC. The molecule has 3 heterocycles. The van der Waals surface area contributed by atoms with Gasteiger partial charge in [-0.3, -0.25) is 19.2 Å². The summed E-state index contributed by atoms with van der Waals surface area (Å²) in [5.74, 6) is -5.73. The third-order valence-corrected chi connectivity index (χ3v) is 13.8. The number of esters is 1. The lowest BCUT2D eigenvalue weighted by Crippen LogP contribution is -2.64. The Labute approximate surface area is 368 Å². The number of hydrogen-bond donors (Lipinski definition) is 2. The maximum absolute atomic E-state index is 14.4. The molecule has 13 heteroatoms. The number of allylic oxidation sites excluding steroid dienone is 3. The minimum Gasteiger partial charge on any atom is -0.489 e. The minimum atomic E-state index is -2.48. The fourth-order valence-corrected chi connectivity index (χ4v) is 10.1. The van der Waals surface area contributed by atoms with E-state index in [9.17, 15) is 29.1 Å². The third-order valence-electron chi connectivity index (χ3n) is 13.8.